The van der Waals surface area contributed by atoms with Crippen LogP contribution in [0.15, 0.2) is 24.3 Å². The quantitative estimate of drug-likeness (QED) is 0.920. The highest BCUT2D eigenvalue weighted by Gasteiger charge is 2.39. The average Bonchev–Trinajstić information content (AvgIpc) is 2.98. The zero-order valence-electron chi connectivity index (χ0n) is 13.2. The second kappa shape index (κ2) is 6.34. The fourth-order valence-corrected chi connectivity index (χ4v) is 3.80. The van der Waals surface area contributed by atoms with Crippen molar-refractivity contribution in [2.45, 2.75) is 37.5 Å². The van der Waals surface area contributed by atoms with Crippen LogP contribution in [0.3, 0.4) is 0 Å². The number of hydrogen-bond donors (Lipinski definition) is 1. The number of rotatable bonds is 4. The first-order valence-electron chi connectivity index (χ1n) is 8.05. The van der Waals surface area contributed by atoms with Crippen molar-refractivity contribution < 1.29 is 4.74 Å². The highest BCUT2D eigenvalue weighted by molar-refractivity contribution is 5.46. The lowest BCUT2D eigenvalue weighted by atomic mass is 10.0. The van der Waals surface area contributed by atoms with Gasteiger partial charge in [-0.2, -0.15) is 0 Å². The van der Waals surface area contributed by atoms with Crippen LogP contribution in [-0.4, -0.2) is 50.8 Å². The zero-order chi connectivity index (χ0) is 14.8. The topological polar surface area (TPSA) is 41.7 Å². The van der Waals surface area contributed by atoms with E-state index in [1.165, 1.54) is 30.5 Å². The number of fused-ring (bicyclic) bond motifs is 1. The Morgan fingerprint density at radius 1 is 1.29 bits per heavy atom. The number of nitrogens with zero attached hydrogens (tertiary/aromatic N) is 2. The molecule has 0 radical (unpaired) electrons. The zero-order valence-corrected chi connectivity index (χ0v) is 13.2. The normalized spacial score (nSPS) is 27.4. The molecule has 0 aromatic heterocycles. The lowest BCUT2D eigenvalue weighted by Gasteiger charge is -2.42. The lowest BCUT2D eigenvalue weighted by Crippen LogP contribution is -2.51. The van der Waals surface area contributed by atoms with Crippen LogP contribution in [0.25, 0.3) is 0 Å². The minimum Gasteiger partial charge on any atom is -0.378 e. The second-order valence-corrected chi connectivity index (χ2v) is 6.38. The van der Waals surface area contributed by atoms with Gasteiger partial charge in [0.15, 0.2) is 0 Å². The third kappa shape index (κ3) is 2.93. The molecule has 2 N–H and O–H groups in total. The molecule has 1 saturated carbocycles. The summed E-state index contributed by atoms with van der Waals surface area (Å²) in [5.74, 6) is 0. The summed E-state index contributed by atoms with van der Waals surface area (Å²) in [6.45, 7) is 2.51. The van der Waals surface area contributed by atoms with E-state index in [0.717, 1.165) is 13.2 Å². The SMILES string of the molecule is CN(C)c1ccc(C(CN)N2CCOC3CCCC32)cc1. The van der Waals surface area contributed by atoms with E-state index in [4.69, 9.17) is 10.5 Å². The highest BCUT2D eigenvalue weighted by atomic mass is 16.5. The van der Waals surface area contributed by atoms with Crippen molar-refractivity contribution >= 4 is 5.69 Å². The maximum absolute atomic E-state index is 6.12. The summed E-state index contributed by atoms with van der Waals surface area (Å²) in [6.07, 6.45) is 4.16. The largest absolute Gasteiger partial charge is 0.378 e. The second-order valence-electron chi connectivity index (χ2n) is 6.38. The van der Waals surface area contributed by atoms with Crippen LogP contribution >= 0.6 is 0 Å². The van der Waals surface area contributed by atoms with Gasteiger partial charge in [0.25, 0.3) is 0 Å². The summed E-state index contributed by atoms with van der Waals surface area (Å²) >= 11 is 0. The lowest BCUT2D eigenvalue weighted by molar-refractivity contribution is -0.0711. The smallest absolute Gasteiger partial charge is 0.0731 e. The Balaban J connectivity index is 1.80. The Labute approximate surface area is 127 Å². The third-order valence-electron chi connectivity index (χ3n) is 4.94. The first-order chi connectivity index (χ1) is 10.2. The molecule has 0 amide bonds. The first kappa shape index (κ1) is 14.8. The molecular formula is C17H27N3O. The van der Waals surface area contributed by atoms with Gasteiger partial charge in [0.05, 0.1) is 12.7 Å². The van der Waals surface area contributed by atoms with Gasteiger partial charge in [-0.3, -0.25) is 4.90 Å². The van der Waals surface area contributed by atoms with E-state index in [2.05, 4.69) is 48.2 Å². The van der Waals surface area contributed by atoms with Gasteiger partial charge in [-0.05, 0) is 37.0 Å². The van der Waals surface area contributed by atoms with Crippen molar-refractivity contribution in [2.24, 2.45) is 5.73 Å². The predicted molar refractivity (Wildman–Crippen MR) is 86.6 cm³/mol. The molecule has 0 bridgehead atoms. The molecular weight excluding hydrogens is 262 g/mol. The third-order valence-corrected chi connectivity index (χ3v) is 4.94. The fourth-order valence-electron chi connectivity index (χ4n) is 3.80. The number of ether oxygens (including phenoxy) is 1. The van der Waals surface area contributed by atoms with E-state index in [9.17, 15) is 0 Å². The van der Waals surface area contributed by atoms with Crippen LogP contribution in [0.5, 0.6) is 0 Å². The van der Waals surface area contributed by atoms with Gasteiger partial charge in [0, 0.05) is 45.0 Å². The number of nitrogens with two attached hydrogens (primary N) is 1. The van der Waals surface area contributed by atoms with E-state index in [1.54, 1.807) is 0 Å². The van der Waals surface area contributed by atoms with E-state index in [1.807, 2.05) is 0 Å². The number of morpholine rings is 1. The van der Waals surface area contributed by atoms with Crippen molar-refractivity contribution in [3.05, 3.63) is 29.8 Å². The molecule has 116 valence electrons. The molecule has 4 heteroatoms. The fraction of sp³-hybridized carbons (Fsp3) is 0.647. The molecule has 1 saturated heterocycles. The van der Waals surface area contributed by atoms with Gasteiger partial charge in [-0.1, -0.05) is 12.1 Å². The number of benzene rings is 1. The maximum Gasteiger partial charge on any atom is 0.0731 e. The van der Waals surface area contributed by atoms with Crippen LogP contribution in [0, 0.1) is 0 Å². The van der Waals surface area contributed by atoms with Gasteiger partial charge in [-0.25, -0.2) is 0 Å². The molecule has 3 unspecified atom stereocenters. The van der Waals surface area contributed by atoms with Gasteiger partial charge in [-0.15, -0.1) is 0 Å². The van der Waals surface area contributed by atoms with Crippen molar-refractivity contribution in [3.8, 4) is 0 Å². The molecule has 1 aromatic carbocycles. The Morgan fingerprint density at radius 3 is 2.71 bits per heavy atom. The molecule has 4 nitrogen and oxygen atoms in total. The number of anilines is 1. The summed E-state index contributed by atoms with van der Waals surface area (Å²) in [5.41, 5.74) is 8.68. The predicted octanol–water partition coefficient (Wildman–Crippen LogP) is 2.01. The minimum atomic E-state index is 0.315. The van der Waals surface area contributed by atoms with Crippen LogP contribution in [0.4, 0.5) is 5.69 Å². The summed E-state index contributed by atoms with van der Waals surface area (Å²) in [4.78, 5) is 4.72. The summed E-state index contributed by atoms with van der Waals surface area (Å²) in [6, 6.07) is 9.70. The molecule has 2 fully saturated rings. The molecule has 2 aliphatic rings. The first-order valence-corrected chi connectivity index (χ1v) is 8.05. The minimum absolute atomic E-state index is 0.315. The monoisotopic (exact) mass is 289 g/mol. The highest BCUT2D eigenvalue weighted by Crippen LogP contribution is 2.35. The summed E-state index contributed by atoms with van der Waals surface area (Å²) in [7, 11) is 4.14. The van der Waals surface area contributed by atoms with Crippen molar-refractivity contribution in [2.75, 3.05) is 38.7 Å². The van der Waals surface area contributed by atoms with Crippen LogP contribution in [0.1, 0.15) is 30.9 Å². The average molecular weight is 289 g/mol. The summed E-state index contributed by atoms with van der Waals surface area (Å²) in [5, 5.41) is 0. The molecule has 1 aliphatic heterocycles. The van der Waals surface area contributed by atoms with E-state index in [-0.39, 0.29) is 0 Å². The van der Waals surface area contributed by atoms with Crippen LogP contribution < -0.4 is 10.6 Å². The summed E-state index contributed by atoms with van der Waals surface area (Å²) < 4.78 is 5.92. The Bertz CT molecular complexity index is 460. The van der Waals surface area contributed by atoms with Gasteiger partial charge < -0.3 is 15.4 Å². The van der Waals surface area contributed by atoms with E-state index in [0.29, 0.717) is 24.7 Å². The van der Waals surface area contributed by atoms with E-state index < -0.39 is 0 Å². The molecule has 1 aromatic rings. The standard InChI is InChI=1S/C17H27N3O/c1-19(2)14-8-6-13(7-9-14)16(12-18)20-10-11-21-17-5-3-4-15(17)20/h6-9,15-17H,3-5,10-12,18H2,1-2H3. The Hall–Kier alpha value is -1.10. The van der Waals surface area contributed by atoms with Crippen LogP contribution in [0.2, 0.25) is 0 Å². The van der Waals surface area contributed by atoms with Crippen LogP contribution in [-0.2, 0) is 4.74 Å². The maximum atomic E-state index is 6.12. The van der Waals surface area contributed by atoms with Crippen molar-refractivity contribution in [3.63, 3.8) is 0 Å². The van der Waals surface area contributed by atoms with Crippen molar-refractivity contribution in [1.29, 1.82) is 0 Å². The molecule has 1 aliphatic carbocycles. The number of hydrogen-bond acceptors (Lipinski definition) is 4. The molecule has 3 atom stereocenters. The van der Waals surface area contributed by atoms with E-state index >= 15 is 0 Å². The van der Waals surface area contributed by atoms with Gasteiger partial charge >= 0.3 is 0 Å². The van der Waals surface area contributed by atoms with Gasteiger partial charge in [0.2, 0.25) is 0 Å². The Morgan fingerprint density at radius 2 is 2.05 bits per heavy atom. The van der Waals surface area contributed by atoms with Crippen molar-refractivity contribution in [1.82, 2.24) is 4.90 Å². The molecule has 0 spiro atoms. The molecule has 21 heavy (non-hydrogen) atoms. The molecule has 3 rings (SSSR count). The molecule has 1 heterocycles. The Kier molecular flexibility index (Phi) is 4.48. The van der Waals surface area contributed by atoms with Gasteiger partial charge in [0.1, 0.15) is 0 Å².